The van der Waals surface area contributed by atoms with Crippen molar-refractivity contribution in [3.8, 4) is 0 Å². The normalized spacial score (nSPS) is 10.1. The first-order valence-corrected chi connectivity index (χ1v) is 9.11. The van der Waals surface area contributed by atoms with E-state index in [9.17, 15) is 9.59 Å². The minimum Gasteiger partial charge on any atom is -0.462 e. The zero-order valence-electron chi connectivity index (χ0n) is 16.4. The molecule has 0 fully saturated rings. The van der Waals surface area contributed by atoms with E-state index in [4.69, 9.17) is 4.74 Å². The van der Waals surface area contributed by atoms with Crippen LogP contribution in [0.15, 0.2) is 79.0 Å². The zero-order chi connectivity index (χ0) is 20.5. The lowest BCUT2D eigenvalue weighted by atomic mass is 10.2. The van der Waals surface area contributed by atoms with Gasteiger partial charge >= 0.3 is 5.97 Å². The SMILES string of the molecule is C=C(C)C(=O)OCCCC(=O)Nc1ccc(N(C(=C)C)c2ccccc2)cc1. The van der Waals surface area contributed by atoms with Gasteiger partial charge in [0.25, 0.3) is 0 Å². The van der Waals surface area contributed by atoms with Gasteiger partial charge in [0, 0.05) is 34.8 Å². The first kappa shape index (κ1) is 21.0. The van der Waals surface area contributed by atoms with Crippen molar-refractivity contribution in [1.29, 1.82) is 0 Å². The van der Waals surface area contributed by atoms with Crippen LogP contribution in [-0.4, -0.2) is 18.5 Å². The van der Waals surface area contributed by atoms with Crippen LogP contribution in [0, 0.1) is 0 Å². The second kappa shape index (κ2) is 10.1. The number of para-hydroxylation sites is 1. The highest BCUT2D eigenvalue weighted by Gasteiger charge is 2.10. The Hall–Kier alpha value is -3.34. The summed E-state index contributed by atoms with van der Waals surface area (Å²) in [5.41, 5.74) is 3.94. The van der Waals surface area contributed by atoms with Gasteiger partial charge < -0.3 is 15.0 Å². The quantitative estimate of drug-likeness (QED) is 0.370. The Kier molecular flexibility index (Phi) is 7.57. The van der Waals surface area contributed by atoms with Crippen molar-refractivity contribution in [2.24, 2.45) is 0 Å². The van der Waals surface area contributed by atoms with Crippen molar-refractivity contribution < 1.29 is 14.3 Å². The summed E-state index contributed by atoms with van der Waals surface area (Å²) in [6.07, 6.45) is 0.730. The van der Waals surface area contributed by atoms with Crippen molar-refractivity contribution in [3.05, 3.63) is 79.0 Å². The molecule has 0 aromatic heterocycles. The van der Waals surface area contributed by atoms with Crippen LogP contribution in [0.25, 0.3) is 0 Å². The Labute approximate surface area is 166 Å². The molecule has 2 aromatic rings. The van der Waals surface area contributed by atoms with Crippen molar-refractivity contribution in [2.45, 2.75) is 26.7 Å². The Bertz CT molecular complexity index is 842. The largest absolute Gasteiger partial charge is 0.462 e. The summed E-state index contributed by atoms with van der Waals surface area (Å²) in [6.45, 7) is 11.3. The number of esters is 1. The maximum atomic E-state index is 12.0. The standard InChI is InChI=1S/C23H26N2O3/c1-17(2)23(27)28-16-8-11-22(26)24-19-12-14-21(15-13-19)25(18(3)4)20-9-6-5-7-10-20/h5-7,9-10,12-15H,1,3,8,11,16H2,2,4H3,(H,24,26). The molecule has 0 unspecified atom stereocenters. The molecule has 1 amide bonds. The fourth-order valence-electron chi connectivity index (χ4n) is 2.61. The molecule has 2 aromatic carbocycles. The molecule has 146 valence electrons. The zero-order valence-corrected chi connectivity index (χ0v) is 16.4. The summed E-state index contributed by atoms with van der Waals surface area (Å²) in [4.78, 5) is 25.4. The third-order valence-electron chi connectivity index (χ3n) is 3.94. The molecule has 0 radical (unpaired) electrons. The molecule has 0 saturated heterocycles. The number of allylic oxidation sites excluding steroid dienone is 1. The molecule has 5 heteroatoms. The lowest BCUT2D eigenvalue weighted by molar-refractivity contribution is -0.139. The monoisotopic (exact) mass is 378 g/mol. The smallest absolute Gasteiger partial charge is 0.333 e. The third-order valence-corrected chi connectivity index (χ3v) is 3.94. The minimum atomic E-state index is -0.434. The first-order valence-electron chi connectivity index (χ1n) is 9.11. The molecule has 5 nitrogen and oxygen atoms in total. The number of ether oxygens (including phenoxy) is 1. The number of anilines is 3. The molecule has 1 N–H and O–H groups in total. The summed E-state index contributed by atoms with van der Waals surface area (Å²) in [7, 11) is 0. The van der Waals surface area contributed by atoms with E-state index in [1.807, 2.05) is 66.4 Å². The highest BCUT2D eigenvalue weighted by atomic mass is 16.5. The number of hydrogen-bond acceptors (Lipinski definition) is 4. The average molecular weight is 378 g/mol. The van der Waals surface area contributed by atoms with Gasteiger partial charge in [0.05, 0.1) is 6.61 Å². The van der Waals surface area contributed by atoms with E-state index in [1.54, 1.807) is 6.92 Å². The van der Waals surface area contributed by atoms with Gasteiger partial charge in [-0.2, -0.15) is 0 Å². The molecule has 0 aliphatic heterocycles. The Balaban J connectivity index is 1.91. The van der Waals surface area contributed by atoms with Gasteiger partial charge in [0.2, 0.25) is 5.91 Å². The van der Waals surface area contributed by atoms with Gasteiger partial charge in [-0.15, -0.1) is 0 Å². The van der Waals surface area contributed by atoms with Crippen molar-refractivity contribution in [2.75, 3.05) is 16.8 Å². The summed E-state index contributed by atoms with van der Waals surface area (Å²) < 4.78 is 4.98. The maximum absolute atomic E-state index is 12.0. The summed E-state index contributed by atoms with van der Waals surface area (Å²) >= 11 is 0. The van der Waals surface area contributed by atoms with Crippen molar-refractivity contribution in [1.82, 2.24) is 0 Å². The van der Waals surface area contributed by atoms with E-state index in [1.165, 1.54) is 0 Å². The number of rotatable bonds is 9. The predicted molar refractivity (Wildman–Crippen MR) is 113 cm³/mol. The highest BCUT2D eigenvalue weighted by molar-refractivity contribution is 5.91. The van der Waals surface area contributed by atoms with Gasteiger partial charge in [-0.25, -0.2) is 4.79 Å². The lowest BCUT2D eigenvalue weighted by Gasteiger charge is -2.25. The number of hydrogen-bond donors (Lipinski definition) is 1. The van der Waals surface area contributed by atoms with Crippen LogP contribution >= 0.6 is 0 Å². The predicted octanol–water partition coefficient (Wildman–Crippen LogP) is 5.20. The minimum absolute atomic E-state index is 0.126. The van der Waals surface area contributed by atoms with Crippen LogP contribution < -0.4 is 10.2 Å². The number of carbonyl (C=O) groups excluding carboxylic acids is 2. The van der Waals surface area contributed by atoms with Crippen LogP contribution in [0.3, 0.4) is 0 Å². The molecule has 28 heavy (non-hydrogen) atoms. The lowest BCUT2D eigenvalue weighted by Crippen LogP contribution is -2.15. The van der Waals surface area contributed by atoms with Gasteiger partial charge in [0.1, 0.15) is 0 Å². The van der Waals surface area contributed by atoms with E-state index >= 15 is 0 Å². The van der Waals surface area contributed by atoms with Crippen LogP contribution in [0.2, 0.25) is 0 Å². The van der Waals surface area contributed by atoms with E-state index in [2.05, 4.69) is 18.5 Å². The van der Waals surface area contributed by atoms with E-state index in [0.29, 0.717) is 17.7 Å². The Morgan fingerprint density at radius 1 is 0.964 bits per heavy atom. The number of nitrogens with zero attached hydrogens (tertiary/aromatic N) is 1. The average Bonchev–Trinajstić information content (AvgIpc) is 2.67. The summed E-state index contributed by atoms with van der Waals surface area (Å²) in [6, 6.07) is 17.5. The maximum Gasteiger partial charge on any atom is 0.333 e. The molecular weight excluding hydrogens is 352 g/mol. The number of carbonyl (C=O) groups is 2. The molecule has 0 spiro atoms. The molecule has 0 saturated carbocycles. The van der Waals surface area contributed by atoms with Gasteiger partial charge in [-0.3, -0.25) is 4.79 Å². The molecule has 0 heterocycles. The number of nitrogens with one attached hydrogen (secondary N) is 1. The molecule has 0 aliphatic rings. The molecule has 0 bridgehead atoms. The van der Waals surface area contributed by atoms with E-state index in [0.717, 1.165) is 17.1 Å². The van der Waals surface area contributed by atoms with E-state index in [-0.39, 0.29) is 18.9 Å². The number of amides is 1. The summed E-state index contributed by atoms with van der Waals surface area (Å²) in [5, 5.41) is 2.85. The van der Waals surface area contributed by atoms with Crippen LogP contribution in [-0.2, 0) is 14.3 Å². The van der Waals surface area contributed by atoms with Gasteiger partial charge in [-0.05, 0) is 56.7 Å². The molecule has 0 aliphatic carbocycles. The second-order valence-electron chi connectivity index (χ2n) is 6.52. The first-order chi connectivity index (χ1) is 13.4. The Morgan fingerprint density at radius 2 is 1.57 bits per heavy atom. The van der Waals surface area contributed by atoms with Crippen LogP contribution in [0.4, 0.5) is 17.1 Å². The molecular formula is C23H26N2O3. The van der Waals surface area contributed by atoms with Crippen LogP contribution in [0.1, 0.15) is 26.7 Å². The van der Waals surface area contributed by atoms with E-state index < -0.39 is 5.97 Å². The van der Waals surface area contributed by atoms with Gasteiger partial charge in [0.15, 0.2) is 0 Å². The molecule has 2 rings (SSSR count). The Morgan fingerprint density at radius 3 is 2.14 bits per heavy atom. The number of benzene rings is 2. The fraction of sp³-hybridized carbons (Fsp3) is 0.217. The summed E-state index contributed by atoms with van der Waals surface area (Å²) in [5.74, 6) is -0.560. The van der Waals surface area contributed by atoms with Gasteiger partial charge in [-0.1, -0.05) is 31.4 Å². The van der Waals surface area contributed by atoms with Crippen LogP contribution in [0.5, 0.6) is 0 Å². The molecule has 0 atom stereocenters. The van der Waals surface area contributed by atoms with Crippen molar-refractivity contribution in [3.63, 3.8) is 0 Å². The third kappa shape index (κ3) is 6.13. The topological polar surface area (TPSA) is 58.6 Å². The second-order valence-corrected chi connectivity index (χ2v) is 6.52. The van der Waals surface area contributed by atoms with Crippen molar-refractivity contribution >= 4 is 28.9 Å². The highest BCUT2D eigenvalue weighted by Crippen LogP contribution is 2.29. The fourth-order valence-corrected chi connectivity index (χ4v) is 2.61.